The van der Waals surface area contributed by atoms with Gasteiger partial charge in [-0.2, -0.15) is 0 Å². The van der Waals surface area contributed by atoms with Crippen LogP contribution >= 0.6 is 0 Å². The predicted octanol–water partition coefficient (Wildman–Crippen LogP) is 0.299. The topological polar surface area (TPSA) is 58.6 Å². The summed E-state index contributed by atoms with van der Waals surface area (Å²) in [6, 6.07) is 1.59. The molecule has 0 bridgehead atoms. The Morgan fingerprint density at radius 3 is 3.15 bits per heavy atom. The van der Waals surface area contributed by atoms with Crippen LogP contribution in [0.1, 0.15) is 5.56 Å². The normalized spacial score (nSPS) is 9.77. The molecular weight excluding hydrogens is 166 g/mol. The summed E-state index contributed by atoms with van der Waals surface area (Å²) >= 11 is 0. The van der Waals surface area contributed by atoms with E-state index in [1.165, 1.54) is 6.33 Å². The molecular formula is C9H5N3O. The number of hydrogen-bond donors (Lipinski definition) is 1. The van der Waals surface area contributed by atoms with Gasteiger partial charge in [-0.1, -0.05) is 5.92 Å². The molecule has 2 rings (SSSR count). The van der Waals surface area contributed by atoms with E-state index < -0.39 is 0 Å². The Morgan fingerprint density at radius 2 is 2.38 bits per heavy atom. The number of nitrogens with zero attached hydrogens (tertiary/aromatic N) is 2. The number of H-pyrrole nitrogens is 1. The van der Waals surface area contributed by atoms with Crippen molar-refractivity contribution in [3.05, 3.63) is 34.5 Å². The van der Waals surface area contributed by atoms with Gasteiger partial charge < -0.3 is 4.98 Å². The van der Waals surface area contributed by atoms with Gasteiger partial charge in [0.25, 0.3) is 5.56 Å². The van der Waals surface area contributed by atoms with E-state index in [1.54, 1.807) is 12.3 Å². The van der Waals surface area contributed by atoms with Gasteiger partial charge in [-0.15, -0.1) is 6.42 Å². The van der Waals surface area contributed by atoms with Crippen molar-refractivity contribution in [2.75, 3.05) is 0 Å². The van der Waals surface area contributed by atoms with Crippen molar-refractivity contribution in [3.8, 4) is 12.3 Å². The minimum absolute atomic E-state index is 0.294. The maximum atomic E-state index is 11.2. The molecule has 0 atom stereocenters. The van der Waals surface area contributed by atoms with Crippen LogP contribution in [0.5, 0.6) is 0 Å². The highest BCUT2D eigenvalue weighted by Gasteiger charge is 1.99. The van der Waals surface area contributed by atoms with E-state index in [0.29, 0.717) is 11.2 Å². The Bertz CT molecular complexity index is 551. The minimum atomic E-state index is -0.297. The quantitative estimate of drug-likeness (QED) is 0.580. The van der Waals surface area contributed by atoms with Gasteiger partial charge in [0, 0.05) is 11.6 Å². The molecule has 0 saturated heterocycles. The van der Waals surface area contributed by atoms with Crippen LogP contribution in [0.4, 0.5) is 0 Å². The summed E-state index contributed by atoms with van der Waals surface area (Å²) in [5, 5.41) is 0.732. The van der Waals surface area contributed by atoms with Crippen LogP contribution in [0.3, 0.4) is 0 Å². The highest BCUT2D eigenvalue weighted by atomic mass is 16.1. The van der Waals surface area contributed by atoms with Crippen LogP contribution in [0.25, 0.3) is 11.0 Å². The third kappa shape index (κ3) is 1.16. The zero-order chi connectivity index (χ0) is 9.26. The average Bonchev–Trinajstić information content (AvgIpc) is 2.17. The van der Waals surface area contributed by atoms with Gasteiger partial charge in [0.1, 0.15) is 12.0 Å². The van der Waals surface area contributed by atoms with Crippen molar-refractivity contribution in [1.82, 2.24) is 15.0 Å². The van der Waals surface area contributed by atoms with Gasteiger partial charge >= 0.3 is 0 Å². The largest absolute Gasteiger partial charge is 0.305 e. The maximum absolute atomic E-state index is 11.2. The van der Waals surface area contributed by atoms with Crippen molar-refractivity contribution in [2.45, 2.75) is 0 Å². The van der Waals surface area contributed by atoms with E-state index in [4.69, 9.17) is 6.42 Å². The first kappa shape index (κ1) is 7.50. The molecule has 4 heteroatoms. The highest BCUT2D eigenvalue weighted by molar-refractivity contribution is 5.74. The van der Waals surface area contributed by atoms with Gasteiger partial charge in [-0.25, -0.2) is 9.97 Å². The predicted molar refractivity (Wildman–Crippen MR) is 48.1 cm³/mol. The molecule has 0 radical (unpaired) electrons. The third-order valence-corrected chi connectivity index (χ3v) is 1.67. The lowest BCUT2D eigenvalue weighted by atomic mass is 10.2. The van der Waals surface area contributed by atoms with E-state index in [9.17, 15) is 4.79 Å². The van der Waals surface area contributed by atoms with E-state index in [2.05, 4.69) is 20.9 Å². The summed E-state index contributed by atoms with van der Waals surface area (Å²) in [6.07, 6.45) is 8.10. The third-order valence-electron chi connectivity index (χ3n) is 1.67. The van der Waals surface area contributed by atoms with Gasteiger partial charge in [0.2, 0.25) is 0 Å². The smallest absolute Gasteiger partial charge is 0.265 e. The monoisotopic (exact) mass is 171 g/mol. The van der Waals surface area contributed by atoms with E-state index in [1.807, 2.05) is 0 Å². The number of rotatable bonds is 0. The van der Waals surface area contributed by atoms with Crippen molar-refractivity contribution < 1.29 is 0 Å². The van der Waals surface area contributed by atoms with E-state index >= 15 is 0 Å². The van der Waals surface area contributed by atoms with E-state index in [-0.39, 0.29) is 5.56 Å². The Hall–Kier alpha value is -2.15. The lowest BCUT2D eigenvalue weighted by Gasteiger charge is -1.95. The van der Waals surface area contributed by atoms with Gasteiger partial charge in [0.05, 0.1) is 5.56 Å². The zero-order valence-electron chi connectivity index (χ0n) is 6.61. The van der Waals surface area contributed by atoms with Crippen LogP contribution in [-0.2, 0) is 0 Å². The number of hydrogen-bond acceptors (Lipinski definition) is 3. The first-order valence-electron chi connectivity index (χ1n) is 3.61. The maximum Gasteiger partial charge on any atom is 0.265 e. The van der Waals surface area contributed by atoms with Crippen LogP contribution in [0.15, 0.2) is 23.4 Å². The van der Waals surface area contributed by atoms with Gasteiger partial charge in [-0.3, -0.25) is 4.79 Å². The second-order valence-electron chi connectivity index (χ2n) is 2.48. The van der Waals surface area contributed by atoms with Crippen LogP contribution in [0, 0.1) is 12.3 Å². The fourth-order valence-electron chi connectivity index (χ4n) is 1.05. The Morgan fingerprint density at radius 1 is 1.54 bits per heavy atom. The molecule has 0 fully saturated rings. The Balaban J connectivity index is 2.91. The SMILES string of the molecule is C#Cc1cc2cncnc2[nH]c1=O. The second kappa shape index (κ2) is 2.72. The van der Waals surface area contributed by atoms with E-state index in [0.717, 1.165) is 5.39 Å². The second-order valence-corrected chi connectivity index (χ2v) is 2.48. The molecule has 0 aliphatic heterocycles. The molecule has 1 N–H and O–H groups in total. The van der Waals surface area contributed by atoms with Gasteiger partial charge in [-0.05, 0) is 6.07 Å². The molecule has 0 spiro atoms. The first-order valence-corrected chi connectivity index (χ1v) is 3.61. The fraction of sp³-hybridized carbons (Fsp3) is 0. The summed E-state index contributed by atoms with van der Waals surface area (Å²) in [6.45, 7) is 0. The van der Waals surface area contributed by atoms with Crippen molar-refractivity contribution in [3.63, 3.8) is 0 Å². The summed E-state index contributed by atoms with van der Waals surface area (Å²) < 4.78 is 0. The summed E-state index contributed by atoms with van der Waals surface area (Å²) in [7, 11) is 0. The number of aromatic nitrogens is 3. The van der Waals surface area contributed by atoms with Crippen LogP contribution in [0.2, 0.25) is 0 Å². The Labute approximate surface area is 73.7 Å². The molecule has 0 aromatic carbocycles. The number of nitrogens with one attached hydrogen (secondary N) is 1. The molecule has 0 aliphatic carbocycles. The fourth-order valence-corrected chi connectivity index (χ4v) is 1.05. The number of terminal acetylenes is 1. The Kier molecular flexibility index (Phi) is 1.57. The molecule has 2 aromatic heterocycles. The molecule has 0 amide bonds. The molecule has 2 aromatic rings. The van der Waals surface area contributed by atoms with Crippen molar-refractivity contribution in [2.24, 2.45) is 0 Å². The number of fused-ring (bicyclic) bond motifs is 1. The standard InChI is InChI=1S/C9H5N3O/c1-2-6-3-7-4-10-5-11-8(7)12-9(6)13/h1,3-5H,(H,10,11,12,13). The summed E-state index contributed by atoms with van der Waals surface area (Å²) in [5.74, 6) is 2.29. The molecule has 0 aliphatic rings. The molecule has 2 heterocycles. The number of aromatic amines is 1. The average molecular weight is 171 g/mol. The lowest BCUT2D eigenvalue weighted by Crippen LogP contribution is -2.10. The number of pyridine rings is 1. The van der Waals surface area contributed by atoms with Crippen LogP contribution < -0.4 is 5.56 Å². The summed E-state index contributed by atoms with van der Waals surface area (Å²) in [4.78, 5) is 21.5. The molecule has 0 saturated carbocycles. The van der Waals surface area contributed by atoms with Crippen LogP contribution in [-0.4, -0.2) is 15.0 Å². The van der Waals surface area contributed by atoms with Crippen molar-refractivity contribution in [1.29, 1.82) is 0 Å². The molecule has 4 nitrogen and oxygen atoms in total. The lowest BCUT2D eigenvalue weighted by molar-refractivity contribution is 1.15. The first-order chi connectivity index (χ1) is 6.31. The molecule has 13 heavy (non-hydrogen) atoms. The molecule has 0 unspecified atom stereocenters. The highest BCUT2D eigenvalue weighted by Crippen LogP contribution is 2.04. The zero-order valence-corrected chi connectivity index (χ0v) is 6.61. The molecule has 62 valence electrons. The summed E-state index contributed by atoms with van der Waals surface area (Å²) in [5.41, 5.74) is 0.495. The van der Waals surface area contributed by atoms with Crippen molar-refractivity contribution >= 4 is 11.0 Å². The minimum Gasteiger partial charge on any atom is -0.305 e. The van der Waals surface area contributed by atoms with Gasteiger partial charge in [0.15, 0.2) is 0 Å².